The van der Waals surface area contributed by atoms with Crippen LogP contribution in [0.15, 0.2) is 12.4 Å². The molecule has 100 valence electrons. The molecular weight excluding hydrogens is 228 g/mol. The quantitative estimate of drug-likeness (QED) is 0.846. The molecule has 1 amide bonds. The van der Waals surface area contributed by atoms with Gasteiger partial charge in [0.15, 0.2) is 0 Å². The minimum absolute atomic E-state index is 0.0287. The van der Waals surface area contributed by atoms with E-state index in [0.717, 1.165) is 31.6 Å². The molecule has 1 N–H and O–H groups in total. The molecule has 5 nitrogen and oxygen atoms in total. The SMILES string of the molecule is CN(C)C(=O)C1CC(Cc2nccn2C)CCN1. The van der Waals surface area contributed by atoms with Crippen LogP contribution in [-0.2, 0) is 18.3 Å². The molecule has 0 spiro atoms. The molecule has 0 radical (unpaired) electrons. The Kier molecular flexibility index (Phi) is 4.01. The van der Waals surface area contributed by atoms with E-state index < -0.39 is 0 Å². The zero-order valence-corrected chi connectivity index (χ0v) is 11.4. The van der Waals surface area contributed by atoms with Crippen LogP contribution in [0.5, 0.6) is 0 Å². The Labute approximate surface area is 108 Å². The first-order valence-corrected chi connectivity index (χ1v) is 6.48. The van der Waals surface area contributed by atoms with Crippen molar-refractivity contribution >= 4 is 5.91 Å². The Hall–Kier alpha value is -1.36. The third-order valence-corrected chi connectivity index (χ3v) is 3.64. The lowest BCUT2D eigenvalue weighted by Crippen LogP contribution is -2.48. The minimum atomic E-state index is -0.0287. The van der Waals surface area contributed by atoms with Crippen LogP contribution in [0.4, 0.5) is 0 Å². The molecule has 1 aliphatic heterocycles. The zero-order chi connectivity index (χ0) is 13.1. The summed E-state index contributed by atoms with van der Waals surface area (Å²) in [6, 6.07) is -0.0287. The normalized spacial score (nSPS) is 23.9. The molecule has 2 unspecified atom stereocenters. The van der Waals surface area contributed by atoms with Crippen molar-refractivity contribution in [1.29, 1.82) is 0 Å². The average molecular weight is 250 g/mol. The topological polar surface area (TPSA) is 50.2 Å². The second kappa shape index (κ2) is 5.52. The van der Waals surface area contributed by atoms with E-state index in [1.165, 1.54) is 0 Å². The molecule has 18 heavy (non-hydrogen) atoms. The van der Waals surface area contributed by atoms with Gasteiger partial charge in [-0.05, 0) is 25.3 Å². The summed E-state index contributed by atoms with van der Waals surface area (Å²) in [7, 11) is 5.64. The summed E-state index contributed by atoms with van der Waals surface area (Å²) in [5.74, 6) is 1.83. The predicted molar refractivity (Wildman–Crippen MR) is 70.1 cm³/mol. The second-order valence-corrected chi connectivity index (χ2v) is 5.29. The van der Waals surface area contributed by atoms with Gasteiger partial charge in [-0.15, -0.1) is 0 Å². The van der Waals surface area contributed by atoms with Gasteiger partial charge in [0, 0.05) is 40.0 Å². The molecule has 1 aromatic rings. The van der Waals surface area contributed by atoms with Gasteiger partial charge in [0.25, 0.3) is 0 Å². The standard InChI is InChI=1S/C13H22N4O/c1-16(2)13(18)11-8-10(4-5-14-11)9-12-15-6-7-17(12)3/h6-7,10-11,14H,4-5,8-9H2,1-3H3. The summed E-state index contributed by atoms with van der Waals surface area (Å²) in [5.41, 5.74) is 0. The van der Waals surface area contributed by atoms with Gasteiger partial charge in [-0.1, -0.05) is 0 Å². The number of nitrogens with one attached hydrogen (secondary N) is 1. The summed E-state index contributed by atoms with van der Waals surface area (Å²) in [5, 5.41) is 3.31. The largest absolute Gasteiger partial charge is 0.347 e. The van der Waals surface area contributed by atoms with Gasteiger partial charge in [0.05, 0.1) is 6.04 Å². The van der Waals surface area contributed by atoms with Crippen molar-refractivity contribution in [2.45, 2.75) is 25.3 Å². The Morgan fingerprint density at radius 3 is 3.00 bits per heavy atom. The Balaban J connectivity index is 1.95. The van der Waals surface area contributed by atoms with E-state index in [-0.39, 0.29) is 11.9 Å². The molecule has 5 heteroatoms. The van der Waals surface area contributed by atoms with Gasteiger partial charge in [0.1, 0.15) is 5.82 Å². The number of likely N-dealkylation sites (N-methyl/N-ethyl adjacent to an activating group) is 1. The lowest BCUT2D eigenvalue weighted by molar-refractivity contribution is -0.131. The number of hydrogen-bond donors (Lipinski definition) is 1. The van der Waals surface area contributed by atoms with Crippen molar-refractivity contribution in [1.82, 2.24) is 19.8 Å². The summed E-state index contributed by atoms with van der Waals surface area (Å²) in [4.78, 5) is 18.0. The molecule has 1 aromatic heterocycles. The average Bonchev–Trinajstić information content (AvgIpc) is 2.74. The number of aromatic nitrogens is 2. The number of aryl methyl sites for hydroxylation is 1. The Morgan fingerprint density at radius 1 is 1.61 bits per heavy atom. The van der Waals surface area contributed by atoms with Crippen LogP contribution >= 0.6 is 0 Å². The van der Waals surface area contributed by atoms with Gasteiger partial charge in [0.2, 0.25) is 5.91 Å². The summed E-state index contributed by atoms with van der Waals surface area (Å²) >= 11 is 0. The number of carbonyl (C=O) groups is 1. The molecule has 0 aromatic carbocycles. The van der Waals surface area contributed by atoms with Crippen LogP contribution in [0.25, 0.3) is 0 Å². The molecular formula is C13H22N4O. The molecule has 0 aliphatic carbocycles. The first-order valence-electron chi connectivity index (χ1n) is 6.48. The van der Waals surface area contributed by atoms with E-state index >= 15 is 0 Å². The van der Waals surface area contributed by atoms with Gasteiger partial charge in [-0.3, -0.25) is 4.79 Å². The third-order valence-electron chi connectivity index (χ3n) is 3.64. The van der Waals surface area contributed by atoms with Crippen molar-refractivity contribution in [2.75, 3.05) is 20.6 Å². The number of imidazole rings is 1. The number of hydrogen-bond acceptors (Lipinski definition) is 3. The Bertz CT molecular complexity index is 413. The van der Waals surface area contributed by atoms with E-state index in [1.54, 1.807) is 4.90 Å². The second-order valence-electron chi connectivity index (χ2n) is 5.29. The maximum atomic E-state index is 12.0. The molecule has 2 rings (SSSR count). The number of amides is 1. The fourth-order valence-corrected chi connectivity index (χ4v) is 2.53. The highest BCUT2D eigenvalue weighted by molar-refractivity contribution is 5.81. The molecule has 2 atom stereocenters. The van der Waals surface area contributed by atoms with Crippen molar-refractivity contribution < 1.29 is 4.79 Å². The maximum absolute atomic E-state index is 12.0. The number of piperidine rings is 1. The zero-order valence-electron chi connectivity index (χ0n) is 11.4. The van der Waals surface area contributed by atoms with E-state index in [0.29, 0.717) is 5.92 Å². The van der Waals surface area contributed by atoms with Gasteiger partial charge < -0.3 is 14.8 Å². The lowest BCUT2D eigenvalue weighted by Gasteiger charge is -2.31. The fourth-order valence-electron chi connectivity index (χ4n) is 2.53. The van der Waals surface area contributed by atoms with Crippen LogP contribution in [0, 0.1) is 5.92 Å². The number of nitrogens with zero attached hydrogens (tertiary/aromatic N) is 3. The van der Waals surface area contributed by atoms with Gasteiger partial charge in [-0.25, -0.2) is 4.98 Å². The molecule has 0 saturated carbocycles. The van der Waals surface area contributed by atoms with E-state index in [2.05, 4.69) is 14.9 Å². The van der Waals surface area contributed by atoms with Crippen molar-refractivity contribution in [3.63, 3.8) is 0 Å². The number of rotatable bonds is 3. The van der Waals surface area contributed by atoms with Crippen molar-refractivity contribution in [3.05, 3.63) is 18.2 Å². The predicted octanol–water partition coefficient (Wildman–Crippen LogP) is 0.419. The molecule has 0 bridgehead atoms. The van der Waals surface area contributed by atoms with Crippen LogP contribution in [-0.4, -0.2) is 47.0 Å². The molecule has 1 saturated heterocycles. The minimum Gasteiger partial charge on any atom is -0.347 e. The molecule has 1 fully saturated rings. The van der Waals surface area contributed by atoms with Gasteiger partial charge in [-0.2, -0.15) is 0 Å². The van der Waals surface area contributed by atoms with Crippen LogP contribution < -0.4 is 5.32 Å². The maximum Gasteiger partial charge on any atom is 0.239 e. The lowest BCUT2D eigenvalue weighted by atomic mass is 9.89. The monoisotopic (exact) mass is 250 g/mol. The Morgan fingerprint density at radius 2 is 2.39 bits per heavy atom. The van der Waals surface area contributed by atoms with Crippen molar-refractivity contribution in [3.8, 4) is 0 Å². The van der Waals surface area contributed by atoms with Gasteiger partial charge >= 0.3 is 0 Å². The van der Waals surface area contributed by atoms with Crippen LogP contribution in [0.2, 0.25) is 0 Å². The highest BCUT2D eigenvalue weighted by Crippen LogP contribution is 2.21. The summed E-state index contributed by atoms with van der Waals surface area (Å²) in [6.07, 6.45) is 6.79. The highest BCUT2D eigenvalue weighted by Gasteiger charge is 2.28. The highest BCUT2D eigenvalue weighted by atomic mass is 16.2. The fraction of sp³-hybridized carbons (Fsp3) is 0.692. The smallest absolute Gasteiger partial charge is 0.239 e. The first-order chi connectivity index (χ1) is 8.58. The molecule has 1 aliphatic rings. The van der Waals surface area contributed by atoms with Crippen molar-refractivity contribution in [2.24, 2.45) is 13.0 Å². The van der Waals surface area contributed by atoms with E-state index in [4.69, 9.17) is 0 Å². The third kappa shape index (κ3) is 2.90. The van der Waals surface area contributed by atoms with Crippen LogP contribution in [0.1, 0.15) is 18.7 Å². The van der Waals surface area contributed by atoms with Crippen LogP contribution in [0.3, 0.4) is 0 Å². The number of carbonyl (C=O) groups excluding carboxylic acids is 1. The van der Waals surface area contributed by atoms with E-state index in [1.807, 2.05) is 33.5 Å². The summed E-state index contributed by atoms with van der Waals surface area (Å²) < 4.78 is 2.06. The molecule has 2 heterocycles. The summed E-state index contributed by atoms with van der Waals surface area (Å²) in [6.45, 7) is 0.916. The van der Waals surface area contributed by atoms with E-state index in [9.17, 15) is 4.79 Å². The first kappa shape index (κ1) is 13.1.